The van der Waals surface area contributed by atoms with Crippen LogP contribution < -0.4 is 5.32 Å². The second-order valence-corrected chi connectivity index (χ2v) is 6.39. The molecule has 1 aliphatic heterocycles. The maximum Gasteiger partial charge on any atom is 0.311 e. The molecule has 1 atom stereocenters. The first-order chi connectivity index (χ1) is 10.1. The highest BCUT2D eigenvalue weighted by Crippen LogP contribution is 2.34. The minimum atomic E-state index is -0.710. The number of hydrogen-bond acceptors (Lipinski definition) is 6. The Morgan fingerprint density at radius 2 is 2.48 bits per heavy atom. The molecule has 0 spiro atoms. The van der Waals surface area contributed by atoms with Gasteiger partial charge >= 0.3 is 5.97 Å². The fraction of sp³-hybridized carbons (Fsp3) is 0.714. The molecule has 7 heteroatoms. The lowest BCUT2D eigenvalue weighted by Crippen LogP contribution is -2.48. The maximum absolute atomic E-state index is 11.7. The van der Waals surface area contributed by atoms with E-state index in [9.17, 15) is 9.90 Å². The minimum absolute atomic E-state index is 0.487. The van der Waals surface area contributed by atoms with Gasteiger partial charge in [0.05, 0.1) is 11.1 Å². The smallest absolute Gasteiger partial charge is 0.311 e. The lowest BCUT2D eigenvalue weighted by Gasteiger charge is -2.39. The van der Waals surface area contributed by atoms with Gasteiger partial charge in [0, 0.05) is 39.2 Å². The summed E-state index contributed by atoms with van der Waals surface area (Å²) in [5.41, 5.74) is 0.313. The number of carboxylic acid groups (broad SMARTS) is 1. The van der Waals surface area contributed by atoms with Crippen molar-refractivity contribution in [2.45, 2.75) is 25.8 Å². The van der Waals surface area contributed by atoms with E-state index in [1.807, 2.05) is 12.4 Å². The van der Waals surface area contributed by atoms with Crippen molar-refractivity contribution in [3.63, 3.8) is 0 Å². The minimum Gasteiger partial charge on any atom is -0.481 e. The van der Waals surface area contributed by atoms with Crippen LogP contribution in [-0.4, -0.2) is 54.8 Å². The third-order valence-corrected chi connectivity index (χ3v) is 4.95. The average Bonchev–Trinajstić information content (AvgIpc) is 2.93. The molecule has 1 saturated heterocycles. The largest absolute Gasteiger partial charge is 0.481 e. The Kier molecular flexibility index (Phi) is 5.55. The van der Waals surface area contributed by atoms with Crippen LogP contribution in [0.25, 0.3) is 0 Å². The van der Waals surface area contributed by atoms with E-state index < -0.39 is 11.4 Å². The number of anilines is 1. The number of likely N-dealkylation sites (tertiary alicyclic amines) is 1. The highest BCUT2D eigenvalue weighted by Gasteiger charge is 2.42. The SMILES string of the molecule is CNc1nc(CN2CCC[C@@](CCOC)(C(=O)O)C2)cs1. The standard InChI is InChI=1S/C14H23N3O3S/c1-15-13-16-11(9-21-13)8-17-6-3-4-14(10-17,12(18)19)5-7-20-2/h9H,3-8,10H2,1-2H3,(H,15,16)(H,18,19)/t14-/m0/s1. The third-order valence-electron chi connectivity index (χ3n) is 4.05. The summed E-state index contributed by atoms with van der Waals surface area (Å²) < 4.78 is 5.09. The van der Waals surface area contributed by atoms with Gasteiger partial charge in [0.2, 0.25) is 0 Å². The number of rotatable bonds is 7. The molecule has 0 radical (unpaired) electrons. The Morgan fingerprint density at radius 1 is 1.67 bits per heavy atom. The van der Waals surface area contributed by atoms with E-state index >= 15 is 0 Å². The first-order valence-corrected chi connectivity index (χ1v) is 8.04. The number of aliphatic carboxylic acids is 1. The van der Waals surface area contributed by atoms with Crippen LogP contribution in [0, 0.1) is 5.41 Å². The Hall–Kier alpha value is -1.18. The van der Waals surface area contributed by atoms with Crippen molar-refractivity contribution < 1.29 is 14.6 Å². The zero-order valence-corrected chi connectivity index (χ0v) is 13.4. The number of carboxylic acids is 1. The van der Waals surface area contributed by atoms with Crippen LogP contribution in [-0.2, 0) is 16.1 Å². The molecule has 0 bridgehead atoms. The highest BCUT2D eigenvalue weighted by molar-refractivity contribution is 7.13. The molecule has 1 aliphatic rings. The Labute approximate surface area is 129 Å². The molecule has 0 aliphatic carbocycles. The monoisotopic (exact) mass is 313 g/mol. The summed E-state index contributed by atoms with van der Waals surface area (Å²) in [6.07, 6.45) is 2.19. The van der Waals surface area contributed by atoms with Crippen molar-refractivity contribution in [2.24, 2.45) is 5.41 Å². The molecular formula is C14H23N3O3S. The lowest BCUT2D eigenvalue weighted by molar-refractivity contribution is -0.154. The van der Waals surface area contributed by atoms with E-state index in [-0.39, 0.29) is 0 Å². The van der Waals surface area contributed by atoms with E-state index in [4.69, 9.17) is 4.74 Å². The predicted octanol–water partition coefficient (Wildman–Crippen LogP) is 1.89. The van der Waals surface area contributed by atoms with Gasteiger partial charge in [-0.15, -0.1) is 11.3 Å². The quantitative estimate of drug-likeness (QED) is 0.801. The Morgan fingerprint density at radius 3 is 3.10 bits per heavy atom. The van der Waals surface area contributed by atoms with Crippen molar-refractivity contribution in [1.82, 2.24) is 9.88 Å². The number of thiazole rings is 1. The van der Waals surface area contributed by atoms with Crippen molar-refractivity contribution >= 4 is 22.4 Å². The molecule has 0 saturated carbocycles. The molecule has 0 unspecified atom stereocenters. The van der Waals surface area contributed by atoms with Crippen LogP contribution in [0.2, 0.25) is 0 Å². The summed E-state index contributed by atoms with van der Waals surface area (Å²) in [6, 6.07) is 0. The third kappa shape index (κ3) is 3.93. The number of carbonyl (C=O) groups is 1. The van der Waals surface area contributed by atoms with Gasteiger partial charge in [-0.3, -0.25) is 9.69 Å². The fourth-order valence-electron chi connectivity index (χ4n) is 2.87. The zero-order valence-electron chi connectivity index (χ0n) is 12.6. The number of ether oxygens (including phenoxy) is 1. The van der Waals surface area contributed by atoms with Crippen molar-refractivity contribution in [3.05, 3.63) is 11.1 Å². The Balaban J connectivity index is 2.02. The zero-order chi connectivity index (χ0) is 15.3. The van der Waals surface area contributed by atoms with E-state index in [1.54, 1.807) is 18.4 Å². The van der Waals surface area contributed by atoms with Gasteiger partial charge in [-0.25, -0.2) is 4.98 Å². The number of hydrogen-bond donors (Lipinski definition) is 2. The van der Waals surface area contributed by atoms with Crippen LogP contribution in [0.5, 0.6) is 0 Å². The summed E-state index contributed by atoms with van der Waals surface area (Å²) in [6.45, 7) is 2.69. The van der Waals surface area contributed by atoms with Crippen LogP contribution in [0.15, 0.2) is 5.38 Å². The lowest BCUT2D eigenvalue weighted by atomic mass is 9.77. The topological polar surface area (TPSA) is 74.7 Å². The fourth-order valence-corrected chi connectivity index (χ4v) is 3.53. The number of methoxy groups -OCH3 is 1. The molecule has 2 N–H and O–H groups in total. The van der Waals surface area contributed by atoms with Crippen molar-refractivity contribution in [1.29, 1.82) is 0 Å². The van der Waals surface area contributed by atoms with E-state index in [2.05, 4.69) is 15.2 Å². The maximum atomic E-state index is 11.7. The molecule has 1 aromatic rings. The summed E-state index contributed by atoms with van der Waals surface area (Å²) in [7, 11) is 3.47. The second kappa shape index (κ2) is 7.20. The first-order valence-electron chi connectivity index (χ1n) is 7.16. The number of nitrogens with one attached hydrogen (secondary N) is 1. The number of nitrogens with zero attached hydrogens (tertiary/aromatic N) is 2. The van der Waals surface area contributed by atoms with Crippen LogP contribution in [0.4, 0.5) is 5.13 Å². The molecular weight excluding hydrogens is 290 g/mol. The number of piperidine rings is 1. The van der Waals surface area contributed by atoms with E-state index in [1.165, 1.54) is 0 Å². The van der Waals surface area contributed by atoms with Crippen molar-refractivity contribution in [2.75, 3.05) is 39.2 Å². The molecule has 0 amide bonds. The number of aromatic nitrogens is 1. The average molecular weight is 313 g/mol. The summed E-state index contributed by atoms with van der Waals surface area (Å²) in [5, 5.41) is 15.6. The molecule has 6 nitrogen and oxygen atoms in total. The first kappa shape index (κ1) is 16.2. The normalized spacial score (nSPS) is 23.1. The second-order valence-electron chi connectivity index (χ2n) is 5.54. The molecule has 1 fully saturated rings. The Bertz CT molecular complexity index is 480. The summed E-state index contributed by atoms with van der Waals surface area (Å²) in [4.78, 5) is 18.4. The van der Waals surface area contributed by atoms with Gasteiger partial charge < -0.3 is 15.2 Å². The highest BCUT2D eigenvalue weighted by atomic mass is 32.1. The van der Waals surface area contributed by atoms with Gasteiger partial charge in [-0.2, -0.15) is 0 Å². The summed E-state index contributed by atoms with van der Waals surface area (Å²) >= 11 is 1.57. The van der Waals surface area contributed by atoms with Crippen molar-refractivity contribution in [3.8, 4) is 0 Å². The summed E-state index contributed by atoms with van der Waals surface area (Å²) in [5.74, 6) is -0.710. The predicted molar refractivity (Wildman–Crippen MR) is 82.7 cm³/mol. The van der Waals surface area contributed by atoms with Gasteiger partial charge in [0.1, 0.15) is 0 Å². The molecule has 1 aromatic heterocycles. The van der Waals surface area contributed by atoms with Crippen LogP contribution >= 0.6 is 11.3 Å². The van der Waals surface area contributed by atoms with E-state index in [0.29, 0.717) is 26.1 Å². The molecule has 0 aromatic carbocycles. The van der Waals surface area contributed by atoms with Gasteiger partial charge in [-0.05, 0) is 25.8 Å². The van der Waals surface area contributed by atoms with Crippen LogP contribution in [0.1, 0.15) is 25.0 Å². The van der Waals surface area contributed by atoms with Gasteiger partial charge in [0.25, 0.3) is 0 Å². The van der Waals surface area contributed by atoms with Gasteiger partial charge in [-0.1, -0.05) is 0 Å². The molecule has 2 heterocycles. The van der Waals surface area contributed by atoms with Gasteiger partial charge in [0.15, 0.2) is 5.13 Å². The molecule has 2 rings (SSSR count). The van der Waals surface area contributed by atoms with E-state index in [0.717, 1.165) is 30.2 Å². The van der Waals surface area contributed by atoms with Crippen LogP contribution in [0.3, 0.4) is 0 Å². The molecule has 118 valence electrons. The molecule has 21 heavy (non-hydrogen) atoms.